The molecule has 1 amide bonds. The smallest absolute Gasteiger partial charge is 0.255 e. The minimum Gasteiger partial charge on any atom is -0.322 e. The maximum atomic E-state index is 12.6. The number of sulfonamides is 1. The van der Waals surface area contributed by atoms with Crippen LogP contribution < -0.4 is 10.0 Å². The molecular weight excluding hydrogens is 430 g/mol. The van der Waals surface area contributed by atoms with E-state index in [2.05, 4.69) is 28.0 Å². The molecule has 1 aromatic heterocycles. The molecule has 0 fully saturated rings. The summed E-state index contributed by atoms with van der Waals surface area (Å²) in [6.07, 6.45) is 1.08. The third-order valence-electron chi connectivity index (χ3n) is 4.73. The van der Waals surface area contributed by atoms with Crippen molar-refractivity contribution in [1.29, 1.82) is 0 Å². The number of fused-ring (bicyclic) bond motifs is 1. The highest BCUT2D eigenvalue weighted by atomic mass is 32.2. The Morgan fingerprint density at radius 1 is 0.968 bits per heavy atom. The van der Waals surface area contributed by atoms with Gasteiger partial charge in [-0.2, -0.15) is 0 Å². The van der Waals surface area contributed by atoms with Gasteiger partial charge in [-0.05, 0) is 73.5 Å². The zero-order chi connectivity index (χ0) is 22.2. The van der Waals surface area contributed by atoms with Gasteiger partial charge in [0.2, 0.25) is 10.0 Å². The van der Waals surface area contributed by atoms with Crippen LogP contribution in [0, 0.1) is 13.8 Å². The van der Waals surface area contributed by atoms with Gasteiger partial charge >= 0.3 is 0 Å². The molecule has 6 nitrogen and oxygen atoms in total. The highest BCUT2D eigenvalue weighted by Crippen LogP contribution is 2.31. The number of nitrogens with zero attached hydrogens (tertiary/aromatic N) is 1. The summed E-state index contributed by atoms with van der Waals surface area (Å²) in [5, 5.41) is 3.77. The normalized spacial score (nSPS) is 11.5. The van der Waals surface area contributed by atoms with Crippen molar-refractivity contribution >= 4 is 48.9 Å². The van der Waals surface area contributed by atoms with Gasteiger partial charge in [-0.15, -0.1) is 11.3 Å². The van der Waals surface area contributed by atoms with Gasteiger partial charge in [0.25, 0.3) is 5.91 Å². The molecule has 0 aliphatic carbocycles. The molecule has 1 heterocycles. The fourth-order valence-corrected chi connectivity index (χ4v) is 4.82. The van der Waals surface area contributed by atoms with Gasteiger partial charge in [0.05, 0.1) is 22.2 Å². The van der Waals surface area contributed by atoms with Crippen LogP contribution in [0.5, 0.6) is 0 Å². The average Bonchev–Trinajstić information content (AvgIpc) is 3.12. The Bertz CT molecular complexity index is 1390. The lowest BCUT2D eigenvalue weighted by atomic mass is 10.1. The first-order valence-electron chi connectivity index (χ1n) is 9.55. The summed E-state index contributed by atoms with van der Waals surface area (Å²) in [7, 11) is -3.43. The summed E-state index contributed by atoms with van der Waals surface area (Å²) in [4.78, 5) is 17.3. The first-order chi connectivity index (χ1) is 14.7. The van der Waals surface area contributed by atoms with E-state index in [0.29, 0.717) is 16.9 Å². The molecule has 0 spiro atoms. The molecule has 0 aliphatic heterocycles. The second-order valence-corrected chi connectivity index (χ2v) is 10.2. The SMILES string of the molecule is Cc1ccc2nc(-c3ccc(NC(=O)c4ccc(C)c(NS(C)(=O)=O)c4)cc3)sc2c1. The van der Waals surface area contributed by atoms with Crippen LogP contribution >= 0.6 is 11.3 Å². The number of hydrogen-bond donors (Lipinski definition) is 2. The highest BCUT2D eigenvalue weighted by Gasteiger charge is 2.12. The van der Waals surface area contributed by atoms with Crippen molar-refractivity contribution in [2.24, 2.45) is 0 Å². The largest absolute Gasteiger partial charge is 0.322 e. The van der Waals surface area contributed by atoms with Gasteiger partial charge in [0.1, 0.15) is 5.01 Å². The number of aromatic nitrogens is 1. The Balaban J connectivity index is 1.52. The van der Waals surface area contributed by atoms with E-state index in [1.165, 1.54) is 11.6 Å². The van der Waals surface area contributed by atoms with Crippen LogP contribution in [0.3, 0.4) is 0 Å². The van der Waals surface area contributed by atoms with Gasteiger partial charge in [-0.3, -0.25) is 9.52 Å². The second kappa shape index (κ2) is 8.13. The van der Waals surface area contributed by atoms with Crippen LogP contribution in [0.1, 0.15) is 21.5 Å². The Hall–Kier alpha value is -3.23. The number of thiazole rings is 1. The molecule has 3 aromatic carbocycles. The van der Waals surface area contributed by atoms with E-state index in [9.17, 15) is 13.2 Å². The van der Waals surface area contributed by atoms with E-state index in [1.54, 1.807) is 30.4 Å². The molecule has 0 bridgehead atoms. The summed E-state index contributed by atoms with van der Waals surface area (Å²) in [5.41, 5.74) is 5.28. The lowest BCUT2D eigenvalue weighted by Crippen LogP contribution is -2.14. The van der Waals surface area contributed by atoms with Gasteiger partial charge < -0.3 is 5.32 Å². The van der Waals surface area contributed by atoms with E-state index in [1.807, 2.05) is 36.4 Å². The summed E-state index contributed by atoms with van der Waals surface area (Å²) in [6.45, 7) is 3.84. The van der Waals surface area contributed by atoms with E-state index in [-0.39, 0.29) is 5.91 Å². The van der Waals surface area contributed by atoms with Gasteiger partial charge in [0, 0.05) is 16.8 Å². The third-order valence-corrected chi connectivity index (χ3v) is 6.39. The van der Waals surface area contributed by atoms with Crippen LogP contribution in [0.15, 0.2) is 60.7 Å². The molecule has 31 heavy (non-hydrogen) atoms. The van der Waals surface area contributed by atoms with Crippen LogP contribution in [0.2, 0.25) is 0 Å². The van der Waals surface area contributed by atoms with E-state index in [0.717, 1.165) is 32.6 Å². The summed E-state index contributed by atoms with van der Waals surface area (Å²) in [5.74, 6) is -0.320. The van der Waals surface area contributed by atoms with Crippen LogP contribution in [-0.2, 0) is 10.0 Å². The van der Waals surface area contributed by atoms with Crippen molar-refractivity contribution in [3.63, 3.8) is 0 Å². The number of carbonyl (C=O) groups is 1. The number of carbonyl (C=O) groups excluding carboxylic acids is 1. The maximum Gasteiger partial charge on any atom is 0.255 e. The molecule has 0 aliphatic rings. The summed E-state index contributed by atoms with van der Waals surface area (Å²) in [6, 6.07) is 18.6. The summed E-state index contributed by atoms with van der Waals surface area (Å²) >= 11 is 1.63. The fraction of sp³-hybridized carbons (Fsp3) is 0.130. The molecule has 0 saturated carbocycles. The van der Waals surface area contributed by atoms with Crippen molar-refractivity contribution in [3.05, 3.63) is 77.4 Å². The van der Waals surface area contributed by atoms with E-state index in [4.69, 9.17) is 0 Å². The molecule has 158 valence electrons. The molecule has 2 N–H and O–H groups in total. The monoisotopic (exact) mass is 451 g/mol. The minimum atomic E-state index is -3.43. The number of nitrogens with one attached hydrogen (secondary N) is 2. The van der Waals surface area contributed by atoms with Crippen molar-refractivity contribution in [2.75, 3.05) is 16.3 Å². The highest BCUT2D eigenvalue weighted by molar-refractivity contribution is 7.92. The number of hydrogen-bond acceptors (Lipinski definition) is 5. The Morgan fingerprint density at radius 2 is 1.71 bits per heavy atom. The Kier molecular flexibility index (Phi) is 5.51. The predicted octanol–water partition coefficient (Wildman–Crippen LogP) is 5.20. The molecule has 4 aromatic rings. The molecule has 0 radical (unpaired) electrons. The number of benzene rings is 3. The minimum absolute atomic E-state index is 0.320. The summed E-state index contributed by atoms with van der Waals surface area (Å²) < 4.78 is 26.6. The van der Waals surface area contributed by atoms with Gasteiger partial charge in [-0.1, -0.05) is 12.1 Å². The molecule has 0 saturated heterocycles. The maximum absolute atomic E-state index is 12.6. The standard InChI is InChI=1S/C23H21N3O3S2/c1-14-4-11-19-21(12-14)30-23(25-19)16-7-9-18(10-8-16)24-22(27)17-6-5-15(2)20(13-17)26-31(3,28)29/h4-13,26H,1-3H3,(H,24,27). The lowest BCUT2D eigenvalue weighted by molar-refractivity contribution is 0.102. The fourth-order valence-electron chi connectivity index (χ4n) is 3.13. The van der Waals surface area contributed by atoms with Gasteiger partial charge in [-0.25, -0.2) is 13.4 Å². The van der Waals surface area contributed by atoms with Gasteiger partial charge in [0.15, 0.2) is 0 Å². The quantitative estimate of drug-likeness (QED) is 0.436. The zero-order valence-electron chi connectivity index (χ0n) is 17.3. The van der Waals surface area contributed by atoms with E-state index >= 15 is 0 Å². The van der Waals surface area contributed by atoms with Crippen LogP contribution in [-0.4, -0.2) is 25.6 Å². The van der Waals surface area contributed by atoms with Crippen LogP contribution in [0.25, 0.3) is 20.8 Å². The van der Waals surface area contributed by atoms with Crippen molar-refractivity contribution < 1.29 is 13.2 Å². The van der Waals surface area contributed by atoms with Crippen molar-refractivity contribution in [3.8, 4) is 10.6 Å². The number of rotatable bonds is 5. The Morgan fingerprint density at radius 3 is 2.42 bits per heavy atom. The lowest BCUT2D eigenvalue weighted by Gasteiger charge is -2.11. The zero-order valence-corrected chi connectivity index (χ0v) is 18.9. The first-order valence-corrected chi connectivity index (χ1v) is 12.3. The number of aryl methyl sites for hydroxylation is 2. The predicted molar refractivity (Wildman–Crippen MR) is 127 cm³/mol. The van der Waals surface area contributed by atoms with Crippen molar-refractivity contribution in [2.45, 2.75) is 13.8 Å². The third kappa shape index (κ3) is 4.92. The molecule has 8 heteroatoms. The number of anilines is 2. The average molecular weight is 452 g/mol. The van der Waals surface area contributed by atoms with Crippen molar-refractivity contribution in [1.82, 2.24) is 4.98 Å². The number of amides is 1. The molecule has 4 rings (SSSR count). The molecule has 0 unspecified atom stereocenters. The molecule has 0 atom stereocenters. The second-order valence-electron chi connectivity index (χ2n) is 7.43. The topological polar surface area (TPSA) is 88.2 Å². The Labute approximate surface area is 185 Å². The molecular formula is C23H21N3O3S2. The first kappa shape index (κ1) is 21.0. The van der Waals surface area contributed by atoms with Crippen LogP contribution in [0.4, 0.5) is 11.4 Å². The van der Waals surface area contributed by atoms with E-state index < -0.39 is 10.0 Å².